The molecule has 0 aromatic heterocycles. The van der Waals surface area contributed by atoms with Crippen LogP contribution in [0, 0.1) is 17.2 Å². The molecule has 1 amide bonds. The normalized spacial score (nSPS) is 23.5. The fraction of sp³-hybridized carbons (Fsp3) is 0.857. The number of amides is 1. The number of rotatable bonds is 4. The van der Waals surface area contributed by atoms with Gasteiger partial charge in [-0.05, 0) is 38.0 Å². The first-order valence-corrected chi connectivity index (χ1v) is 6.96. The van der Waals surface area contributed by atoms with E-state index in [2.05, 4.69) is 11.4 Å². The summed E-state index contributed by atoms with van der Waals surface area (Å²) in [4.78, 5) is 11.9. The van der Waals surface area contributed by atoms with Gasteiger partial charge in [0, 0.05) is 6.42 Å². The van der Waals surface area contributed by atoms with E-state index in [-0.39, 0.29) is 5.91 Å². The molecule has 3 nitrogen and oxygen atoms in total. The van der Waals surface area contributed by atoms with E-state index in [4.69, 9.17) is 0 Å². The zero-order valence-corrected chi connectivity index (χ0v) is 10.5. The summed E-state index contributed by atoms with van der Waals surface area (Å²) >= 11 is 0. The summed E-state index contributed by atoms with van der Waals surface area (Å²) in [5.41, 5.74) is -0.535. The van der Waals surface area contributed by atoms with Crippen LogP contribution in [0.1, 0.15) is 64.2 Å². The van der Waals surface area contributed by atoms with Gasteiger partial charge in [-0.15, -0.1) is 0 Å². The molecule has 2 saturated carbocycles. The summed E-state index contributed by atoms with van der Waals surface area (Å²) in [5.74, 6) is 0.836. The van der Waals surface area contributed by atoms with Gasteiger partial charge < -0.3 is 5.32 Å². The largest absolute Gasteiger partial charge is 0.338 e. The zero-order chi connectivity index (χ0) is 12.1. The lowest BCUT2D eigenvalue weighted by Crippen LogP contribution is -2.45. The average molecular weight is 234 g/mol. The quantitative estimate of drug-likeness (QED) is 0.813. The third-order valence-electron chi connectivity index (χ3n) is 4.30. The average Bonchev–Trinajstić information content (AvgIpc) is 2.98. The van der Waals surface area contributed by atoms with Crippen LogP contribution in [0.25, 0.3) is 0 Å². The van der Waals surface area contributed by atoms with Crippen LogP contribution in [0.2, 0.25) is 0 Å². The van der Waals surface area contributed by atoms with Crippen molar-refractivity contribution >= 4 is 5.91 Å². The summed E-state index contributed by atoms with van der Waals surface area (Å²) in [7, 11) is 0. The van der Waals surface area contributed by atoms with E-state index >= 15 is 0 Å². The number of carbonyl (C=O) groups excluding carboxylic acids is 1. The molecule has 0 atom stereocenters. The van der Waals surface area contributed by atoms with Gasteiger partial charge in [-0.3, -0.25) is 4.79 Å². The molecule has 0 aromatic rings. The molecule has 1 N–H and O–H groups in total. The van der Waals surface area contributed by atoms with Crippen LogP contribution in [-0.2, 0) is 4.79 Å². The fourth-order valence-electron chi connectivity index (χ4n) is 3.21. The van der Waals surface area contributed by atoms with Crippen molar-refractivity contribution in [1.29, 1.82) is 5.26 Å². The van der Waals surface area contributed by atoms with E-state index in [0.717, 1.165) is 38.0 Å². The van der Waals surface area contributed by atoms with Gasteiger partial charge in [0.2, 0.25) is 5.91 Å². The molecule has 0 aromatic carbocycles. The second-order valence-corrected chi connectivity index (χ2v) is 5.64. The molecule has 3 heteroatoms. The lowest BCUT2D eigenvalue weighted by molar-refractivity contribution is -0.122. The number of hydrogen-bond donors (Lipinski definition) is 1. The lowest BCUT2D eigenvalue weighted by Gasteiger charge is -2.22. The molecule has 2 fully saturated rings. The summed E-state index contributed by atoms with van der Waals surface area (Å²) in [6, 6.07) is 2.30. The maximum absolute atomic E-state index is 11.9. The fourth-order valence-corrected chi connectivity index (χ4v) is 3.21. The monoisotopic (exact) mass is 234 g/mol. The minimum absolute atomic E-state index is 0.0837. The summed E-state index contributed by atoms with van der Waals surface area (Å²) in [6.45, 7) is 0. The Labute approximate surface area is 104 Å². The Hall–Kier alpha value is -1.04. The summed E-state index contributed by atoms with van der Waals surface area (Å²) in [6.07, 6.45) is 10.6. The van der Waals surface area contributed by atoms with Gasteiger partial charge in [-0.25, -0.2) is 0 Å². The van der Waals surface area contributed by atoms with Gasteiger partial charge in [0.1, 0.15) is 5.54 Å². The number of nitrogens with one attached hydrogen (secondary N) is 1. The smallest absolute Gasteiger partial charge is 0.221 e. The third kappa shape index (κ3) is 3.21. The Morgan fingerprint density at radius 3 is 2.47 bits per heavy atom. The molecule has 0 spiro atoms. The van der Waals surface area contributed by atoms with E-state index in [9.17, 15) is 10.1 Å². The highest BCUT2D eigenvalue weighted by Crippen LogP contribution is 2.30. The molecular formula is C14H22N2O. The van der Waals surface area contributed by atoms with Crippen LogP contribution >= 0.6 is 0 Å². The molecule has 94 valence electrons. The van der Waals surface area contributed by atoms with Crippen LogP contribution in [0.15, 0.2) is 0 Å². The van der Waals surface area contributed by atoms with Crippen LogP contribution in [0.4, 0.5) is 0 Å². The van der Waals surface area contributed by atoms with Crippen molar-refractivity contribution in [1.82, 2.24) is 5.32 Å². The predicted octanol–water partition coefficient (Wildman–Crippen LogP) is 2.91. The molecule has 0 aliphatic heterocycles. The molecule has 0 radical (unpaired) electrons. The van der Waals surface area contributed by atoms with E-state index < -0.39 is 5.54 Å². The maximum atomic E-state index is 11.9. The molecule has 17 heavy (non-hydrogen) atoms. The van der Waals surface area contributed by atoms with Crippen molar-refractivity contribution in [3.63, 3.8) is 0 Å². The highest BCUT2D eigenvalue weighted by atomic mass is 16.1. The van der Waals surface area contributed by atoms with Gasteiger partial charge in [0.15, 0.2) is 0 Å². The number of carbonyl (C=O) groups is 1. The minimum Gasteiger partial charge on any atom is -0.338 e. The molecule has 0 unspecified atom stereocenters. The van der Waals surface area contributed by atoms with Crippen molar-refractivity contribution in [2.24, 2.45) is 5.92 Å². The van der Waals surface area contributed by atoms with E-state index in [1.165, 1.54) is 25.7 Å². The Morgan fingerprint density at radius 1 is 1.24 bits per heavy atom. The van der Waals surface area contributed by atoms with Gasteiger partial charge in [-0.1, -0.05) is 25.7 Å². The van der Waals surface area contributed by atoms with Crippen LogP contribution in [0.3, 0.4) is 0 Å². The van der Waals surface area contributed by atoms with Crippen molar-refractivity contribution < 1.29 is 4.79 Å². The first-order chi connectivity index (χ1) is 8.24. The number of nitriles is 1. The van der Waals surface area contributed by atoms with E-state index in [1.807, 2.05) is 0 Å². The Morgan fingerprint density at radius 2 is 1.88 bits per heavy atom. The van der Waals surface area contributed by atoms with Crippen molar-refractivity contribution in [2.45, 2.75) is 69.7 Å². The van der Waals surface area contributed by atoms with Crippen LogP contribution in [0.5, 0.6) is 0 Å². The second-order valence-electron chi connectivity index (χ2n) is 5.64. The summed E-state index contributed by atoms with van der Waals surface area (Å²) in [5, 5.41) is 12.1. The van der Waals surface area contributed by atoms with E-state index in [0.29, 0.717) is 6.42 Å². The van der Waals surface area contributed by atoms with Gasteiger partial charge in [0.05, 0.1) is 6.07 Å². The zero-order valence-electron chi connectivity index (χ0n) is 10.5. The molecule has 2 aliphatic carbocycles. The lowest BCUT2D eigenvalue weighted by atomic mass is 9.98. The van der Waals surface area contributed by atoms with Gasteiger partial charge >= 0.3 is 0 Å². The second kappa shape index (κ2) is 5.53. The molecule has 0 heterocycles. The molecule has 0 bridgehead atoms. The maximum Gasteiger partial charge on any atom is 0.221 e. The first kappa shape index (κ1) is 12.4. The Bertz CT molecular complexity index is 307. The SMILES string of the molecule is N#CC1(NC(=O)CCC2CCCC2)CCCC1. The highest BCUT2D eigenvalue weighted by Gasteiger charge is 2.35. The van der Waals surface area contributed by atoms with Gasteiger partial charge in [-0.2, -0.15) is 5.26 Å². The van der Waals surface area contributed by atoms with Crippen molar-refractivity contribution in [3.8, 4) is 6.07 Å². The van der Waals surface area contributed by atoms with Gasteiger partial charge in [0.25, 0.3) is 0 Å². The topological polar surface area (TPSA) is 52.9 Å². The number of nitrogens with zero attached hydrogens (tertiary/aromatic N) is 1. The molecule has 2 rings (SSSR count). The third-order valence-corrected chi connectivity index (χ3v) is 4.30. The van der Waals surface area contributed by atoms with E-state index in [1.54, 1.807) is 0 Å². The summed E-state index contributed by atoms with van der Waals surface area (Å²) < 4.78 is 0. The molecule has 2 aliphatic rings. The highest BCUT2D eigenvalue weighted by molar-refractivity contribution is 5.77. The predicted molar refractivity (Wildman–Crippen MR) is 66.1 cm³/mol. The minimum atomic E-state index is -0.535. The number of hydrogen-bond acceptors (Lipinski definition) is 2. The molecule has 0 saturated heterocycles. The van der Waals surface area contributed by atoms with Crippen molar-refractivity contribution in [3.05, 3.63) is 0 Å². The van der Waals surface area contributed by atoms with Crippen LogP contribution < -0.4 is 5.32 Å². The first-order valence-electron chi connectivity index (χ1n) is 6.96. The van der Waals surface area contributed by atoms with Crippen LogP contribution in [-0.4, -0.2) is 11.4 Å². The Balaban J connectivity index is 1.74. The standard InChI is InChI=1S/C14H22N2O/c15-11-14(9-3-4-10-14)16-13(17)8-7-12-5-1-2-6-12/h12H,1-10H2,(H,16,17). The Kier molecular flexibility index (Phi) is 4.04. The molecular weight excluding hydrogens is 212 g/mol. The van der Waals surface area contributed by atoms with Crippen molar-refractivity contribution in [2.75, 3.05) is 0 Å².